The van der Waals surface area contributed by atoms with Crippen LogP contribution in [0, 0.1) is 0 Å². The van der Waals surface area contributed by atoms with Crippen LogP contribution in [0.1, 0.15) is 13.3 Å². The van der Waals surface area contributed by atoms with Crippen molar-refractivity contribution >= 4 is 17.3 Å². The summed E-state index contributed by atoms with van der Waals surface area (Å²) >= 11 is 0. The Balaban J connectivity index is 1.87. The summed E-state index contributed by atoms with van der Waals surface area (Å²) in [7, 11) is 0. The summed E-state index contributed by atoms with van der Waals surface area (Å²) in [6.45, 7) is 2.91. The summed E-state index contributed by atoms with van der Waals surface area (Å²) in [4.78, 5) is 10.1. The van der Waals surface area contributed by atoms with E-state index in [0.29, 0.717) is 43.5 Å². The number of hydrogen-bond donors (Lipinski definition) is 6. The highest BCUT2D eigenvalue weighted by atomic mass is 16.6. The van der Waals surface area contributed by atoms with Gasteiger partial charge in [0.1, 0.15) is 30.9 Å². The molecule has 0 bridgehead atoms. The van der Waals surface area contributed by atoms with E-state index in [1.807, 2.05) is 0 Å². The van der Waals surface area contributed by atoms with Crippen molar-refractivity contribution in [3.8, 4) is 0 Å². The molecule has 1 fully saturated rings. The molecule has 1 aromatic rings. The van der Waals surface area contributed by atoms with Gasteiger partial charge in [0.25, 0.3) is 0 Å². The van der Waals surface area contributed by atoms with Crippen LogP contribution in [0.15, 0.2) is 6.33 Å². The number of nitrogens with one attached hydrogen (secondary N) is 1. The Morgan fingerprint density at radius 2 is 2.12 bits per heavy atom. The van der Waals surface area contributed by atoms with E-state index < -0.39 is 24.5 Å². The van der Waals surface area contributed by atoms with E-state index >= 15 is 0 Å². The number of nitrogens with two attached hydrogens (primary N) is 3. The Morgan fingerprint density at radius 3 is 2.72 bits per heavy atom. The number of hydrazine groups is 1. The molecule has 2 aliphatic rings. The fourth-order valence-corrected chi connectivity index (χ4v) is 3.19. The Bertz CT molecular complexity index is 605. The standard InChI is InChI=1S/C14H26N8O3/c1-7-10(23)11(24)14(25-7)21-6-22(20-8(4-16)2-3-15)9-12(17)18-5-19-13(9)21/h5,7-8,10-11,14,20,23-24H,2-4,6,15-16H2,1H3,(H2,17,18,19)/t7-,8?,10?,11?,14-/m1/s1. The van der Waals surface area contributed by atoms with Crippen LogP contribution in [0.25, 0.3) is 0 Å². The van der Waals surface area contributed by atoms with Crippen molar-refractivity contribution in [3.63, 3.8) is 0 Å². The van der Waals surface area contributed by atoms with Crippen molar-refractivity contribution in [3.05, 3.63) is 6.33 Å². The van der Waals surface area contributed by atoms with Gasteiger partial charge in [-0.25, -0.2) is 15.4 Å². The third-order valence-corrected chi connectivity index (χ3v) is 4.59. The van der Waals surface area contributed by atoms with Crippen molar-refractivity contribution in [2.75, 3.05) is 35.4 Å². The van der Waals surface area contributed by atoms with Crippen LogP contribution in [0.2, 0.25) is 0 Å². The van der Waals surface area contributed by atoms with E-state index in [1.165, 1.54) is 6.33 Å². The first kappa shape index (κ1) is 18.0. The molecule has 1 saturated heterocycles. The van der Waals surface area contributed by atoms with E-state index in [0.717, 1.165) is 0 Å². The van der Waals surface area contributed by atoms with Crippen LogP contribution in [-0.4, -0.2) is 70.5 Å². The largest absolute Gasteiger partial charge is 0.388 e. The molecule has 25 heavy (non-hydrogen) atoms. The number of aliphatic hydroxyl groups excluding tert-OH is 2. The second kappa shape index (κ2) is 7.23. The topological polar surface area (TPSA) is 172 Å². The quantitative estimate of drug-likeness (QED) is 0.313. The maximum Gasteiger partial charge on any atom is 0.162 e. The third kappa shape index (κ3) is 3.21. The van der Waals surface area contributed by atoms with Gasteiger partial charge in [0.2, 0.25) is 0 Å². The van der Waals surface area contributed by atoms with Gasteiger partial charge in [0, 0.05) is 12.6 Å². The molecule has 0 aliphatic carbocycles. The predicted octanol–water partition coefficient (Wildman–Crippen LogP) is -2.71. The number of fused-ring (bicyclic) bond motifs is 1. The number of anilines is 3. The molecule has 0 aromatic carbocycles. The maximum absolute atomic E-state index is 10.3. The number of rotatable bonds is 6. The second-order valence-electron chi connectivity index (χ2n) is 6.32. The van der Waals surface area contributed by atoms with Crippen molar-refractivity contribution in [2.24, 2.45) is 11.5 Å². The zero-order chi connectivity index (χ0) is 18.1. The third-order valence-electron chi connectivity index (χ3n) is 4.59. The van der Waals surface area contributed by atoms with E-state index in [-0.39, 0.29) is 6.04 Å². The molecule has 3 unspecified atom stereocenters. The monoisotopic (exact) mass is 354 g/mol. The number of aliphatic hydroxyl groups is 2. The molecule has 0 amide bonds. The molecular formula is C14H26N8O3. The maximum atomic E-state index is 10.3. The first-order chi connectivity index (χ1) is 12.0. The fourth-order valence-electron chi connectivity index (χ4n) is 3.19. The van der Waals surface area contributed by atoms with Crippen molar-refractivity contribution in [2.45, 2.75) is 43.9 Å². The van der Waals surface area contributed by atoms with Crippen LogP contribution in [-0.2, 0) is 4.74 Å². The lowest BCUT2D eigenvalue weighted by atomic mass is 10.1. The minimum atomic E-state index is -1.06. The van der Waals surface area contributed by atoms with Crippen LogP contribution in [0.3, 0.4) is 0 Å². The lowest BCUT2D eigenvalue weighted by Crippen LogP contribution is -2.53. The molecule has 11 heteroatoms. The van der Waals surface area contributed by atoms with Crippen LogP contribution in [0.5, 0.6) is 0 Å². The normalized spacial score (nSPS) is 30.0. The van der Waals surface area contributed by atoms with E-state index in [4.69, 9.17) is 21.9 Å². The molecular weight excluding hydrogens is 328 g/mol. The Labute approximate surface area is 145 Å². The van der Waals surface area contributed by atoms with E-state index in [9.17, 15) is 10.2 Å². The Kier molecular flexibility index (Phi) is 5.22. The molecule has 0 saturated carbocycles. The highest BCUT2D eigenvalue weighted by Crippen LogP contribution is 2.40. The van der Waals surface area contributed by atoms with Gasteiger partial charge >= 0.3 is 0 Å². The molecule has 3 rings (SSSR count). The van der Waals surface area contributed by atoms with Gasteiger partial charge in [0.05, 0.1) is 6.10 Å². The van der Waals surface area contributed by atoms with Crippen molar-refractivity contribution < 1.29 is 14.9 Å². The summed E-state index contributed by atoms with van der Waals surface area (Å²) in [6, 6.07) is -0.0451. The van der Waals surface area contributed by atoms with Crippen LogP contribution >= 0.6 is 0 Å². The average Bonchev–Trinajstić information content (AvgIpc) is 3.08. The lowest BCUT2D eigenvalue weighted by molar-refractivity contribution is 0.0149. The van der Waals surface area contributed by atoms with Gasteiger partial charge < -0.3 is 37.1 Å². The second-order valence-corrected chi connectivity index (χ2v) is 6.32. The van der Waals surface area contributed by atoms with Gasteiger partial charge in [-0.2, -0.15) is 0 Å². The lowest BCUT2D eigenvalue weighted by Gasteiger charge is -2.30. The summed E-state index contributed by atoms with van der Waals surface area (Å²) in [6.07, 6.45) is -1.22. The smallest absolute Gasteiger partial charge is 0.162 e. The van der Waals surface area contributed by atoms with Crippen LogP contribution in [0.4, 0.5) is 17.3 Å². The number of ether oxygens (including phenoxy) is 1. The first-order valence-corrected chi connectivity index (χ1v) is 8.30. The van der Waals surface area contributed by atoms with Gasteiger partial charge in [0.15, 0.2) is 17.9 Å². The van der Waals surface area contributed by atoms with E-state index in [1.54, 1.807) is 16.8 Å². The highest BCUT2D eigenvalue weighted by molar-refractivity contribution is 5.81. The van der Waals surface area contributed by atoms with Gasteiger partial charge in [-0.15, -0.1) is 0 Å². The molecule has 1 aromatic heterocycles. The van der Waals surface area contributed by atoms with Gasteiger partial charge in [-0.05, 0) is 19.9 Å². The zero-order valence-electron chi connectivity index (χ0n) is 14.1. The molecule has 5 atom stereocenters. The molecule has 0 spiro atoms. The molecule has 9 N–H and O–H groups in total. The summed E-state index contributed by atoms with van der Waals surface area (Å²) < 4.78 is 5.72. The fraction of sp³-hybridized carbons (Fsp3) is 0.714. The predicted molar refractivity (Wildman–Crippen MR) is 92.3 cm³/mol. The number of aromatic nitrogens is 2. The molecule has 0 radical (unpaired) electrons. The van der Waals surface area contributed by atoms with Gasteiger partial charge in [-0.1, -0.05) is 0 Å². The average molecular weight is 354 g/mol. The minimum absolute atomic E-state index is 0.0451. The highest BCUT2D eigenvalue weighted by Gasteiger charge is 2.47. The van der Waals surface area contributed by atoms with Gasteiger partial charge in [-0.3, -0.25) is 5.01 Å². The number of nitrogens with zero attached hydrogens (tertiary/aromatic N) is 4. The number of nitrogen functional groups attached to an aromatic ring is 1. The summed E-state index contributed by atoms with van der Waals surface area (Å²) in [5, 5.41) is 22.1. The molecule has 3 heterocycles. The molecule has 2 aliphatic heterocycles. The molecule has 11 nitrogen and oxygen atoms in total. The zero-order valence-corrected chi connectivity index (χ0v) is 14.1. The Morgan fingerprint density at radius 1 is 1.36 bits per heavy atom. The molecule has 140 valence electrons. The van der Waals surface area contributed by atoms with Crippen molar-refractivity contribution in [1.82, 2.24) is 15.4 Å². The first-order valence-electron chi connectivity index (χ1n) is 8.30. The SMILES string of the molecule is C[C@H]1O[C@@H](N2CN(NC(CN)CCN)c3c(N)ncnc32)C(O)C1O. The summed E-state index contributed by atoms with van der Waals surface area (Å²) in [5.41, 5.74) is 21.3. The van der Waals surface area contributed by atoms with E-state index in [2.05, 4.69) is 15.4 Å². The number of hydrogen-bond acceptors (Lipinski definition) is 11. The summed E-state index contributed by atoms with van der Waals surface area (Å²) in [5.74, 6) is 0.818. The van der Waals surface area contributed by atoms with Crippen LogP contribution < -0.4 is 32.5 Å². The Hall–Kier alpha value is -1.76. The van der Waals surface area contributed by atoms with Crippen molar-refractivity contribution in [1.29, 1.82) is 0 Å². The minimum Gasteiger partial charge on any atom is -0.388 e.